The number of Topliss-reactive ketones (excluding diaryl/α,β-unsaturated/α-hetero) is 1. The van der Waals surface area contributed by atoms with Crippen molar-refractivity contribution in [2.75, 3.05) is 48.0 Å². The molecule has 6 rings (SSSR count). The van der Waals surface area contributed by atoms with Gasteiger partial charge in [-0.3, -0.25) is 28.8 Å². The number of amides is 3. The molecule has 0 bridgehead atoms. The number of aromatic nitrogens is 2. The number of aliphatic hydroxyl groups is 3. The lowest BCUT2D eigenvalue weighted by atomic mass is 9.73. The van der Waals surface area contributed by atoms with E-state index >= 15 is 4.79 Å². The molecule has 0 aromatic carbocycles. The predicted molar refractivity (Wildman–Crippen MR) is 272 cm³/mol. The van der Waals surface area contributed by atoms with Crippen molar-refractivity contribution in [1.82, 2.24) is 30.0 Å². The van der Waals surface area contributed by atoms with E-state index < -0.39 is 150 Å². The van der Waals surface area contributed by atoms with Crippen LogP contribution in [-0.2, 0) is 52.2 Å². The number of aromatic amines is 1. The van der Waals surface area contributed by atoms with Crippen LogP contribution in [0.15, 0.2) is 15.8 Å². The maximum atomic E-state index is 15.2. The second-order valence-electron chi connectivity index (χ2n) is 22.7. The number of nitrogens with one attached hydrogen (secondary N) is 3. The Morgan fingerprint density at radius 1 is 0.921 bits per heavy atom. The summed E-state index contributed by atoms with van der Waals surface area (Å²) in [5.41, 5.74) is -5.07. The van der Waals surface area contributed by atoms with E-state index in [1.807, 2.05) is 32.8 Å². The number of aryl methyl sites for hydroxylation is 1. The van der Waals surface area contributed by atoms with Gasteiger partial charge in [0.1, 0.15) is 36.4 Å². The lowest BCUT2D eigenvalue weighted by Crippen LogP contribution is -2.62. The maximum absolute atomic E-state index is 15.2. The van der Waals surface area contributed by atoms with E-state index in [1.165, 1.54) is 36.8 Å². The molecule has 0 unspecified atom stereocenters. The molecule has 5 aliphatic heterocycles. The fraction of sp³-hybridized carbons (Fsp3) is 0.846. The Hall–Kier alpha value is -4.08. The molecular formula is C52H86N6O18. The van der Waals surface area contributed by atoms with E-state index in [2.05, 4.69) is 15.6 Å². The van der Waals surface area contributed by atoms with Gasteiger partial charge in [-0.05, 0) is 81.8 Å². The number of fused-ring (bicyclic) bond motifs is 1. The molecule has 432 valence electrons. The van der Waals surface area contributed by atoms with Gasteiger partial charge in [0, 0.05) is 75.7 Å². The number of H-pyrrole nitrogens is 1. The van der Waals surface area contributed by atoms with E-state index in [1.54, 1.807) is 55.4 Å². The summed E-state index contributed by atoms with van der Waals surface area (Å²) in [6.07, 6.45) is -9.08. The molecule has 5 fully saturated rings. The minimum Gasteiger partial charge on any atom is -0.458 e. The summed E-state index contributed by atoms with van der Waals surface area (Å²) >= 11 is 0. The van der Waals surface area contributed by atoms with Gasteiger partial charge >= 0.3 is 23.8 Å². The van der Waals surface area contributed by atoms with Crippen LogP contribution in [0.1, 0.15) is 113 Å². The lowest BCUT2D eigenvalue weighted by molar-refractivity contribution is -0.319. The molecule has 1 aromatic heterocycles. The zero-order valence-electron chi connectivity index (χ0n) is 46.9. The number of rotatable bonds is 14. The minimum absolute atomic E-state index is 0.0435. The number of hydrogen-bond acceptors (Lipinski definition) is 19. The van der Waals surface area contributed by atoms with Gasteiger partial charge in [0.05, 0.1) is 60.2 Å². The Morgan fingerprint density at radius 3 is 2.21 bits per heavy atom. The molecule has 3 amide bonds. The highest BCUT2D eigenvalue weighted by atomic mass is 16.7. The fourth-order valence-electron chi connectivity index (χ4n) is 12.4. The molecule has 0 saturated carbocycles. The summed E-state index contributed by atoms with van der Waals surface area (Å²) in [6, 6.07) is -2.84. The zero-order valence-corrected chi connectivity index (χ0v) is 46.9. The average Bonchev–Trinajstić information content (AvgIpc) is 3.89. The molecule has 6 N–H and O–H groups in total. The standard InChI is InChI=1S/C52H86N6O18/c1-16-35-52(11)41(57(49(67)76-52)18-17-53-47(65)54-32-20-36(72-34(32)24-59)58-23-26(3)44(63)55-48(58)66)28(5)38(60)25(2)21-51(10,69-15)43(75-46-39(61)33(56(12)13)19-27(4)70-46)29(6)40(30(7)45(64)73-35)74-37-22-50(9,68-14)42(62)31(8)71-37/h23,25,27-37,39-43,46,59,61-62H,16-22,24H2,1-15H3,(H2,53,54,65)(H,55,63,66)/t25-,27-,28+,29+,30-,31+,32+,33+,34-,35-,36-,37+,39-,40+,41+,42+,43-,46+,50-,51-,52-/m1/s1. The van der Waals surface area contributed by atoms with Crippen LogP contribution < -0.4 is 21.9 Å². The van der Waals surface area contributed by atoms with E-state index in [9.17, 15) is 39.3 Å². The van der Waals surface area contributed by atoms with Crippen molar-refractivity contribution in [3.63, 3.8) is 0 Å². The van der Waals surface area contributed by atoms with Gasteiger partial charge < -0.3 is 73.5 Å². The number of methoxy groups -OCH3 is 2. The van der Waals surface area contributed by atoms with E-state index in [-0.39, 0.29) is 62.3 Å². The van der Waals surface area contributed by atoms with Crippen molar-refractivity contribution in [2.24, 2.45) is 23.7 Å². The number of carbonyl (C=O) groups is 4. The molecule has 6 heterocycles. The number of ketones is 1. The summed E-state index contributed by atoms with van der Waals surface area (Å²) in [7, 11) is 6.71. The highest BCUT2D eigenvalue weighted by molar-refractivity contribution is 5.85. The first-order valence-electron chi connectivity index (χ1n) is 26.7. The topological polar surface area (TPSA) is 297 Å². The normalized spacial score (nSPS) is 41.8. The Morgan fingerprint density at radius 2 is 1.59 bits per heavy atom. The first-order valence-corrected chi connectivity index (χ1v) is 26.7. The third kappa shape index (κ3) is 12.5. The van der Waals surface area contributed by atoms with Crippen molar-refractivity contribution in [3.8, 4) is 0 Å². The molecule has 5 saturated heterocycles. The molecule has 5 aliphatic rings. The Balaban J connectivity index is 1.32. The number of cyclic esters (lactones) is 1. The molecule has 0 aliphatic carbocycles. The summed E-state index contributed by atoms with van der Waals surface area (Å²) in [5, 5.41) is 38.7. The highest BCUT2D eigenvalue weighted by Gasteiger charge is 2.61. The number of urea groups is 1. The molecule has 1 aromatic rings. The van der Waals surface area contributed by atoms with Crippen LogP contribution in [0.25, 0.3) is 0 Å². The number of nitrogens with zero attached hydrogens (tertiary/aromatic N) is 3. The van der Waals surface area contributed by atoms with Crippen LogP contribution in [0.4, 0.5) is 9.59 Å². The van der Waals surface area contributed by atoms with Gasteiger partial charge in [0.2, 0.25) is 0 Å². The van der Waals surface area contributed by atoms with Crippen molar-refractivity contribution in [2.45, 2.75) is 211 Å². The maximum Gasteiger partial charge on any atom is 0.410 e. The molecule has 0 radical (unpaired) electrons. The van der Waals surface area contributed by atoms with Crippen LogP contribution in [0.5, 0.6) is 0 Å². The molecular weight excluding hydrogens is 997 g/mol. The van der Waals surface area contributed by atoms with E-state index in [0.717, 1.165) is 0 Å². The number of aliphatic hydroxyl groups excluding tert-OH is 3. The van der Waals surface area contributed by atoms with Crippen molar-refractivity contribution >= 4 is 23.9 Å². The van der Waals surface area contributed by atoms with Crippen LogP contribution in [0, 0.1) is 30.6 Å². The van der Waals surface area contributed by atoms with Crippen LogP contribution in [0.2, 0.25) is 0 Å². The monoisotopic (exact) mass is 1080 g/mol. The molecule has 0 spiro atoms. The van der Waals surface area contributed by atoms with Gasteiger partial charge in [-0.15, -0.1) is 0 Å². The Kier molecular flexibility index (Phi) is 19.7. The van der Waals surface area contributed by atoms with E-state index in [0.29, 0.717) is 6.42 Å². The van der Waals surface area contributed by atoms with Crippen LogP contribution >= 0.6 is 0 Å². The van der Waals surface area contributed by atoms with Crippen molar-refractivity contribution in [1.29, 1.82) is 0 Å². The first kappa shape index (κ1) is 61.1. The second kappa shape index (κ2) is 24.5. The third-order valence-electron chi connectivity index (χ3n) is 16.9. The zero-order chi connectivity index (χ0) is 56.5. The highest BCUT2D eigenvalue weighted by Crippen LogP contribution is 2.45. The number of ether oxygens (including phenoxy) is 9. The van der Waals surface area contributed by atoms with Crippen LogP contribution in [-0.4, -0.2) is 203 Å². The Bertz CT molecular complexity index is 2320. The fourth-order valence-corrected chi connectivity index (χ4v) is 12.4. The first-order chi connectivity index (χ1) is 35.6. The largest absolute Gasteiger partial charge is 0.458 e. The van der Waals surface area contributed by atoms with Crippen LogP contribution in [0.3, 0.4) is 0 Å². The van der Waals surface area contributed by atoms with Gasteiger partial charge in [0.25, 0.3) is 5.56 Å². The van der Waals surface area contributed by atoms with Gasteiger partial charge in [-0.2, -0.15) is 0 Å². The summed E-state index contributed by atoms with van der Waals surface area (Å²) in [6.45, 7) is 18.2. The van der Waals surface area contributed by atoms with Crippen molar-refractivity contribution < 1.29 is 77.1 Å². The number of likely N-dealkylation sites (N-methyl/N-ethyl adjacent to an activating group) is 1. The number of esters is 1. The van der Waals surface area contributed by atoms with Gasteiger partial charge in [0.15, 0.2) is 18.2 Å². The molecule has 21 atom stereocenters. The third-order valence-corrected chi connectivity index (χ3v) is 16.9. The number of carbonyl (C=O) groups excluding carboxylic acids is 4. The SMILES string of the molecule is CC[C@H]1OC(=O)[C@H](C)[C@@H](O[C@H]2C[C@@](C)(OC)[C@@H](O)[C@H](C)O2)[C@H](C)[C@@H](O[C@@H]2O[C@H](C)C[C@H](N(C)C)[C@H]2O)[C@](C)(OC)C[C@@H](C)C(=O)[C@H](C)[C@@H]2N(CCNC(=O)N[C@H]3C[C@H](n4cc(C)c(=O)[nH]c4=O)O[C@@H]3CO)C(=O)O[C@@]21C. The molecule has 24 nitrogen and oxygen atoms in total. The smallest absolute Gasteiger partial charge is 0.410 e. The summed E-state index contributed by atoms with van der Waals surface area (Å²) in [4.78, 5) is 88.0. The second-order valence-corrected chi connectivity index (χ2v) is 22.7. The number of hydrogen-bond donors (Lipinski definition) is 6. The lowest BCUT2D eigenvalue weighted by Gasteiger charge is -2.50. The summed E-state index contributed by atoms with van der Waals surface area (Å²) < 4.78 is 58.5. The van der Waals surface area contributed by atoms with E-state index in [4.69, 9.17) is 42.6 Å². The Labute approximate surface area is 445 Å². The minimum atomic E-state index is -1.62. The quantitative estimate of drug-likeness (QED) is 0.145. The van der Waals surface area contributed by atoms with Crippen molar-refractivity contribution in [3.05, 3.63) is 32.6 Å². The molecule has 24 heteroatoms. The average molecular weight is 1080 g/mol. The van der Waals surface area contributed by atoms with Gasteiger partial charge in [-0.25, -0.2) is 14.4 Å². The predicted octanol–water partition coefficient (Wildman–Crippen LogP) is 1.71. The van der Waals surface area contributed by atoms with Gasteiger partial charge in [-0.1, -0.05) is 27.7 Å². The molecule has 76 heavy (non-hydrogen) atoms. The summed E-state index contributed by atoms with van der Waals surface area (Å²) in [5.74, 6) is -4.63.